The molecule has 140 valence electrons. The molecule has 1 aromatic heterocycles. The SMILES string of the molecule is CC(C)C1c2c(n(C)c(=O)n(C)c2=O)OC12C(=O)N(C)C(=O)N(C)C2=O. The Morgan fingerprint density at radius 2 is 1.38 bits per heavy atom. The van der Waals surface area contributed by atoms with Gasteiger partial charge in [0.1, 0.15) is 0 Å². The highest BCUT2D eigenvalue weighted by atomic mass is 16.5. The van der Waals surface area contributed by atoms with E-state index in [0.29, 0.717) is 0 Å². The number of carbonyl (C=O) groups excluding carboxylic acids is 3. The van der Waals surface area contributed by atoms with Crippen LogP contribution in [-0.2, 0) is 23.7 Å². The Bertz CT molecular complexity index is 948. The quantitative estimate of drug-likeness (QED) is 0.592. The summed E-state index contributed by atoms with van der Waals surface area (Å²) in [5.41, 5.74) is -3.27. The van der Waals surface area contributed by atoms with Gasteiger partial charge in [-0.25, -0.2) is 9.59 Å². The van der Waals surface area contributed by atoms with Gasteiger partial charge in [-0.15, -0.1) is 0 Å². The first-order chi connectivity index (χ1) is 12.0. The molecule has 3 rings (SSSR count). The van der Waals surface area contributed by atoms with Gasteiger partial charge in [0, 0.05) is 28.2 Å². The van der Waals surface area contributed by atoms with Crippen LogP contribution in [0.1, 0.15) is 25.3 Å². The van der Waals surface area contributed by atoms with E-state index in [1.807, 2.05) is 0 Å². The van der Waals surface area contributed by atoms with E-state index in [0.717, 1.165) is 18.9 Å². The van der Waals surface area contributed by atoms with E-state index >= 15 is 0 Å². The zero-order valence-corrected chi connectivity index (χ0v) is 15.4. The van der Waals surface area contributed by atoms with Gasteiger partial charge in [-0.05, 0) is 5.92 Å². The van der Waals surface area contributed by atoms with Crippen LogP contribution >= 0.6 is 0 Å². The Hall–Kier alpha value is -2.91. The van der Waals surface area contributed by atoms with Crippen molar-refractivity contribution >= 4 is 17.8 Å². The highest BCUT2D eigenvalue weighted by Crippen LogP contribution is 2.49. The molecule has 1 aromatic rings. The predicted octanol–water partition coefficient (Wildman–Crippen LogP) is -0.995. The second kappa shape index (κ2) is 5.29. The average molecular weight is 364 g/mol. The number of carbonyl (C=O) groups is 3. The van der Waals surface area contributed by atoms with Gasteiger partial charge in [-0.3, -0.25) is 33.3 Å². The number of barbiturate groups is 1. The number of fused-ring (bicyclic) bond motifs is 1. The number of ether oxygens (including phenoxy) is 1. The number of aromatic nitrogens is 2. The zero-order valence-electron chi connectivity index (χ0n) is 15.4. The van der Waals surface area contributed by atoms with Gasteiger partial charge in [0.15, 0.2) is 0 Å². The number of rotatable bonds is 1. The normalized spacial score (nSPS) is 21.7. The molecule has 0 aliphatic carbocycles. The molecule has 10 nitrogen and oxygen atoms in total. The number of nitrogens with zero attached hydrogens (tertiary/aromatic N) is 4. The summed E-state index contributed by atoms with van der Waals surface area (Å²) in [7, 11) is 5.21. The third-order valence-corrected chi connectivity index (χ3v) is 5.14. The van der Waals surface area contributed by atoms with Crippen LogP contribution in [-0.4, -0.2) is 56.5 Å². The molecular weight excluding hydrogens is 344 g/mol. The lowest BCUT2D eigenvalue weighted by atomic mass is 9.75. The molecule has 3 heterocycles. The summed E-state index contributed by atoms with van der Waals surface area (Å²) < 4.78 is 7.79. The van der Waals surface area contributed by atoms with Crippen molar-refractivity contribution in [3.05, 3.63) is 26.4 Å². The van der Waals surface area contributed by atoms with Crippen molar-refractivity contribution in [2.45, 2.75) is 25.4 Å². The van der Waals surface area contributed by atoms with E-state index in [9.17, 15) is 24.0 Å². The largest absolute Gasteiger partial charge is 0.451 e. The molecule has 0 bridgehead atoms. The Morgan fingerprint density at radius 3 is 1.85 bits per heavy atom. The minimum Gasteiger partial charge on any atom is -0.451 e. The Labute approximate surface area is 148 Å². The second-order valence-electron chi connectivity index (χ2n) is 6.99. The lowest BCUT2D eigenvalue weighted by molar-refractivity contribution is -0.166. The van der Waals surface area contributed by atoms with Crippen LogP contribution in [0, 0.1) is 5.92 Å². The summed E-state index contributed by atoms with van der Waals surface area (Å²) in [5.74, 6) is -3.12. The molecule has 0 saturated carbocycles. The van der Waals surface area contributed by atoms with E-state index in [-0.39, 0.29) is 17.4 Å². The summed E-state index contributed by atoms with van der Waals surface area (Å²) in [6.07, 6.45) is 0. The summed E-state index contributed by atoms with van der Waals surface area (Å²) >= 11 is 0. The maximum absolute atomic E-state index is 13.0. The number of likely N-dealkylation sites (N-methyl/N-ethyl adjacent to an activating group) is 2. The van der Waals surface area contributed by atoms with Crippen LogP contribution in [0.25, 0.3) is 0 Å². The van der Waals surface area contributed by atoms with E-state index in [1.54, 1.807) is 13.8 Å². The van der Waals surface area contributed by atoms with Gasteiger partial charge >= 0.3 is 11.7 Å². The minimum atomic E-state index is -2.09. The predicted molar refractivity (Wildman–Crippen MR) is 88.8 cm³/mol. The monoisotopic (exact) mass is 364 g/mol. The van der Waals surface area contributed by atoms with Crippen LogP contribution < -0.4 is 16.0 Å². The molecule has 1 spiro atoms. The second-order valence-corrected chi connectivity index (χ2v) is 6.99. The first-order valence-electron chi connectivity index (χ1n) is 8.07. The molecule has 26 heavy (non-hydrogen) atoms. The van der Waals surface area contributed by atoms with Gasteiger partial charge in [-0.1, -0.05) is 13.8 Å². The van der Waals surface area contributed by atoms with Crippen molar-refractivity contribution in [1.29, 1.82) is 0 Å². The van der Waals surface area contributed by atoms with Gasteiger partial charge in [0.2, 0.25) is 5.88 Å². The molecule has 4 amide bonds. The molecule has 1 unspecified atom stereocenters. The van der Waals surface area contributed by atoms with Crippen LogP contribution in [0.5, 0.6) is 5.88 Å². The van der Waals surface area contributed by atoms with Gasteiger partial charge in [0.25, 0.3) is 23.0 Å². The molecule has 0 N–H and O–H groups in total. The number of urea groups is 1. The van der Waals surface area contributed by atoms with Crippen molar-refractivity contribution in [1.82, 2.24) is 18.9 Å². The summed E-state index contributed by atoms with van der Waals surface area (Å²) in [5, 5.41) is 0. The van der Waals surface area contributed by atoms with Crippen molar-refractivity contribution in [2.75, 3.05) is 14.1 Å². The number of imide groups is 2. The number of hydrogen-bond acceptors (Lipinski definition) is 6. The molecule has 10 heteroatoms. The molecular formula is C16H20N4O6. The molecule has 0 radical (unpaired) electrons. The highest BCUT2D eigenvalue weighted by molar-refractivity contribution is 6.22. The smallest absolute Gasteiger partial charge is 0.333 e. The molecule has 0 aromatic carbocycles. The standard InChI is InChI=1S/C16H20N4O6/c1-7(2)9-8-10(21)17(3)14(24)18(4)11(8)26-16(9)12(22)19(5)15(25)20(6)13(16)23/h7,9H,1-6H3. The molecule has 1 saturated heterocycles. The summed E-state index contributed by atoms with van der Waals surface area (Å²) in [6.45, 7) is 3.48. The third kappa shape index (κ3) is 1.84. The fourth-order valence-electron chi connectivity index (χ4n) is 3.80. The maximum Gasteiger partial charge on any atom is 0.333 e. The first-order valence-corrected chi connectivity index (χ1v) is 8.07. The fourth-order valence-corrected chi connectivity index (χ4v) is 3.80. The van der Waals surface area contributed by atoms with Crippen molar-refractivity contribution < 1.29 is 19.1 Å². The Kier molecular flexibility index (Phi) is 3.64. The lowest BCUT2D eigenvalue weighted by Crippen LogP contribution is -2.70. The average Bonchev–Trinajstić information content (AvgIpc) is 2.97. The molecule has 2 aliphatic rings. The Balaban J connectivity index is 2.39. The molecule has 1 fully saturated rings. The lowest BCUT2D eigenvalue weighted by Gasteiger charge is -2.42. The van der Waals surface area contributed by atoms with Crippen molar-refractivity contribution in [2.24, 2.45) is 20.0 Å². The van der Waals surface area contributed by atoms with Gasteiger partial charge < -0.3 is 4.74 Å². The Morgan fingerprint density at radius 1 is 0.885 bits per heavy atom. The van der Waals surface area contributed by atoms with Gasteiger partial charge in [-0.2, -0.15) is 0 Å². The van der Waals surface area contributed by atoms with E-state index in [2.05, 4.69) is 0 Å². The fraction of sp³-hybridized carbons (Fsp3) is 0.562. The van der Waals surface area contributed by atoms with E-state index < -0.39 is 40.6 Å². The topological polar surface area (TPSA) is 111 Å². The van der Waals surface area contributed by atoms with Crippen LogP contribution in [0.3, 0.4) is 0 Å². The number of hydrogen-bond donors (Lipinski definition) is 0. The van der Waals surface area contributed by atoms with Gasteiger partial charge in [0.05, 0.1) is 11.5 Å². The van der Waals surface area contributed by atoms with Crippen LogP contribution in [0.15, 0.2) is 9.59 Å². The zero-order chi connectivity index (χ0) is 19.7. The van der Waals surface area contributed by atoms with Crippen molar-refractivity contribution in [3.63, 3.8) is 0 Å². The first kappa shape index (κ1) is 17.9. The number of amides is 4. The summed E-state index contributed by atoms with van der Waals surface area (Å²) in [4.78, 5) is 64.8. The van der Waals surface area contributed by atoms with Crippen LogP contribution in [0.2, 0.25) is 0 Å². The molecule has 1 atom stereocenters. The summed E-state index contributed by atoms with van der Waals surface area (Å²) in [6, 6.07) is -0.783. The third-order valence-electron chi connectivity index (χ3n) is 5.14. The highest BCUT2D eigenvalue weighted by Gasteiger charge is 2.68. The molecule has 2 aliphatic heterocycles. The van der Waals surface area contributed by atoms with Crippen molar-refractivity contribution in [3.8, 4) is 5.88 Å². The van der Waals surface area contributed by atoms with E-state index in [4.69, 9.17) is 4.74 Å². The maximum atomic E-state index is 13.0. The van der Waals surface area contributed by atoms with E-state index in [1.165, 1.54) is 28.2 Å². The minimum absolute atomic E-state index is 0.0856. The van der Waals surface area contributed by atoms with Crippen LogP contribution in [0.4, 0.5) is 4.79 Å².